The first-order valence-corrected chi connectivity index (χ1v) is 10.2. The summed E-state index contributed by atoms with van der Waals surface area (Å²) in [6, 6.07) is 3.74. The summed E-state index contributed by atoms with van der Waals surface area (Å²) in [4.78, 5) is 21.4. The van der Waals surface area contributed by atoms with Crippen molar-refractivity contribution in [1.82, 2.24) is 20.6 Å². The molecule has 132 valence electrons. The molecular formula is C12H12BrF2N4Na3O3PS+. The molecule has 1 aromatic carbocycles. The van der Waals surface area contributed by atoms with Crippen molar-refractivity contribution in [2.75, 3.05) is 5.75 Å². The second-order valence-electron chi connectivity index (χ2n) is 4.84. The number of nitrogens with zero attached hydrogens (tertiary/aromatic N) is 3. The van der Waals surface area contributed by atoms with Crippen molar-refractivity contribution in [2.24, 2.45) is 0 Å². The quantitative estimate of drug-likeness (QED) is 0.213. The molecule has 0 bridgehead atoms. The van der Waals surface area contributed by atoms with E-state index >= 15 is 0 Å². The van der Waals surface area contributed by atoms with E-state index in [9.17, 15) is 23.1 Å². The van der Waals surface area contributed by atoms with E-state index in [2.05, 4.69) is 36.6 Å². The van der Waals surface area contributed by atoms with Crippen LogP contribution in [0.5, 0.6) is 0 Å². The molecule has 0 aliphatic heterocycles. The molecule has 0 atom stereocenters. The maximum Gasteiger partial charge on any atom is 1.00 e. The minimum atomic E-state index is -6.07. The number of tetrazole rings is 1. The van der Waals surface area contributed by atoms with E-state index in [-0.39, 0.29) is 93.1 Å². The van der Waals surface area contributed by atoms with Gasteiger partial charge in [0.05, 0.1) is 0 Å². The van der Waals surface area contributed by atoms with Gasteiger partial charge in [0, 0.05) is 29.8 Å². The number of rotatable bonds is 8. The maximum atomic E-state index is 13.6. The van der Waals surface area contributed by atoms with E-state index in [0.29, 0.717) is 18.0 Å². The topological polar surface area (TPSA) is 118 Å². The molecule has 0 radical (unpaired) electrons. The molecule has 0 aliphatic rings. The third-order valence-corrected chi connectivity index (χ3v) is 5.75. The molecule has 0 spiro atoms. The summed E-state index contributed by atoms with van der Waals surface area (Å²) in [6.07, 6.45) is 1.51. The van der Waals surface area contributed by atoms with Crippen molar-refractivity contribution < 1.29 is 112 Å². The van der Waals surface area contributed by atoms with Gasteiger partial charge < -0.3 is 14.4 Å². The van der Waals surface area contributed by atoms with Crippen LogP contribution < -0.4 is 98.5 Å². The molecule has 0 fully saturated rings. The Morgan fingerprint density at radius 2 is 1.93 bits per heavy atom. The summed E-state index contributed by atoms with van der Waals surface area (Å²) >= 11 is 4.49. The first kappa shape index (κ1) is 31.3. The fourth-order valence-corrected chi connectivity index (χ4v) is 4.08. The average Bonchev–Trinajstić information content (AvgIpc) is 2.99. The zero-order chi connectivity index (χ0) is 17.8. The number of aromatic nitrogens is 4. The number of aryl methyl sites for hydroxylation is 1. The number of hydrogen-bond donors (Lipinski definition) is 1. The Labute approximate surface area is 234 Å². The van der Waals surface area contributed by atoms with E-state index in [0.717, 1.165) is 23.8 Å². The Hall–Kier alpha value is 2.13. The molecule has 0 unspecified atom stereocenters. The minimum absolute atomic E-state index is 0. The third kappa shape index (κ3) is 9.43. The Morgan fingerprint density at radius 1 is 1.26 bits per heavy atom. The Balaban J connectivity index is 0. The van der Waals surface area contributed by atoms with Crippen LogP contribution in [0.25, 0.3) is 0 Å². The molecule has 15 heteroatoms. The fraction of sp³-hybridized carbons (Fsp3) is 0.417. The van der Waals surface area contributed by atoms with Gasteiger partial charge in [0.25, 0.3) is 5.66 Å². The minimum Gasteiger partial charge on any atom is -0.806 e. The molecular weight excluding hydrogens is 498 g/mol. The third-order valence-electron chi connectivity index (χ3n) is 3.05. The molecule has 1 N–H and O–H groups in total. The van der Waals surface area contributed by atoms with Gasteiger partial charge in [-0.2, -0.15) is 25.8 Å². The van der Waals surface area contributed by atoms with Crippen molar-refractivity contribution in [2.45, 2.75) is 24.3 Å². The van der Waals surface area contributed by atoms with Gasteiger partial charge in [0.2, 0.25) is 0 Å². The molecule has 7 nitrogen and oxygen atoms in total. The van der Waals surface area contributed by atoms with Gasteiger partial charge in [-0.1, -0.05) is 33.3 Å². The standard InChI is InChI=1S/C12H14BrF2N4O3PS.3Na/c13-10-6-8(3-4-9(10)12(14,15)23(20,21)22)7-24-5-1-2-11-16-18-19-17-11;;;/h3-4,6H,1-2,5,7H2,(H2,20,21,22)(H,16,17,18,19);;;/q;3*+1/p-2. The number of hydrogen-bond acceptors (Lipinski definition) is 7. The Bertz CT molecular complexity index is 743. The normalized spacial score (nSPS) is 11.1. The van der Waals surface area contributed by atoms with Crippen molar-refractivity contribution in [3.05, 3.63) is 39.6 Å². The molecule has 0 saturated heterocycles. The molecule has 2 aromatic rings. The summed E-state index contributed by atoms with van der Waals surface area (Å²) in [5.74, 6) is 1.99. The van der Waals surface area contributed by atoms with E-state index in [1.807, 2.05) is 0 Å². The van der Waals surface area contributed by atoms with Crippen LogP contribution in [0.3, 0.4) is 0 Å². The molecule has 27 heavy (non-hydrogen) atoms. The number of H-pyrrole nitrogens is 1. The number of halogens is 3. The van der Waals surface area contributed by atoms with Crippen molar-refractivity contribution in [3.8, 4) is 0 Å². The number of thioether (sulfide) groups is 1. The van der Waals surface area contributed by atoms with E-state index < -0.39 is 18.8 Å². The van der Waals surface area contributed by atoms with Gasteiger partial charge in [-0.05, 0) is 23.8 Å². The summed E-state index contributed by atoms with van der Waals surface area (Å²) in [5.41, 5.74) is -4.55. The van der Waals surface area contributed by atoms with Crippen LogP contribution in [-0.2, 0) is 22.4 Å². The predicted octanol–water partition coefficient (Wildman–Crippen LogP) is -7.20. The van der Waals surface area contributed by atoms with Gasteiger partial charge in [-0.15, -0.1) is 10.2 Å². The summed E-state index contributed by atoms with van der Waals surface area (Å²) in [6.45, 7) is 0. The molecule has 0 aliphatic carbocycles. The fourth-order valence-electron chi connectivity index (χ4n) is 1.85. The van der Waals surface area contributed by atoms with Crippen molar-refractivity contribution in [1.29, 1.82) is 0 Å². The zero-order valence-corrected chi connectivity index (χ0v) is 24.4. The molecule has 1 aromatic heterocycles. The van der Waals surface area contributed by atoms with Crippen molar-refractivity contribution >= 4 is 35.3 Å². The van der Waals surface area contributed by atoms with Gasteiger partial charge >= 0.3 is 88.7 Å². The largest absolute Gasteiger partial charge is 1.00 e. The van der Waals surface area contributed by atoms with Crippen LogP contribution in [0.2, 0.25) is 0 Å². The van der Waals surface area contributed by atoms with Gasteiger partial charge in [-0.25, -0.2) is 0 Å². The molecule has 0 amide bonds. The van der Waals surface area contributed by atoms with Gasteiger partial charge in [0.1, 0.15) is 0 Å². The second kappa shape index (κ2) is 14.2. The van der Waals surface area contributed by atoms with Crippen LogP contribution in [0, 0.1) is 0 Å². The predicted molar refractivity (Wildman–Crippen MR) is 84.3 cm³/mol. The van der Waals surface area contributed by atoms with Gasteiger partial charge in [0.15, 0.2) is 5.82 Å². The smallest absolute Gasteiger partial charge is 0.806 e. The van der Waals surface area contributed by atoms with E-state index in [1.54, 1.807) is 11.8 Å². The number of alkyl halides is 2. The van der Waals surface area contributed by atoms with Crippen LogP contribution in [0.15, 0.2) is 22.7 Å². The first-order valence-electron chi connectivity index (χ1n) is 6.71. The van der Waals surface area contributed by atoms with Crippen LogP contribution in [-0.4, -0.2) is 26.4 Å². The number of aromatic amines is 1. The zero-order valence-electron chi connectivity index (χ0n) is 15.1. The van der Waals surface area contributed by atoms with E-state index in [4.69, 9.17) is 0 Å². The maximum absolute atomic E-state index is 13.6. The second-order valence-corrected chi connectivity index (χ2v) is 8.35. The van der Waals surface area contributed by atoms with Crippen molar-refractivity contribution in [3.63, 3.8) is 0 Å². The number of benzene rings is 1. The van der Waals surface area contributed by atoms with E-state index in [1.165, 1.54) is 12.1 Å². The average molecular weight is 510 g/mol. The molecule has 2 rings (SSSR count). The van der Waals surface area contributed by atoms with Crippen LogP contribution >= 0.6 is 35.3 Å². The summed E-state index contributed by atoms with van der Waals surface area (Å²) < 4.78 is 37.8. The number of nitrogens with one attached hydrogen (secondary N) is 1. The van der Waals surface area contributed by atoms with Gasteiger partial charge in [-0.3, -0.25) is 0 Å². The SMILES string of the molecule is O=P([O-])([O-])C(F)(F)c1ccc(CSCCCc2nn[nH]n2)cc1Br.[Na+].[Na+].[Na+]. The molecule has 1 heterocycles. The summed E-state index contributed by atoms with van der Waals surface area (Å²) in [7, 11) is -6.07. The Kier molecular flexibility index (Phi) is 16.5. The van der Waals surface area contributed by atoms with Crippen LogP contribution in [0.1, 0.15) is 23.4 Å². The molecule has 0 saturated carbocycles. The monoisotopic (exact) mass is 509 g/mol. The first-order chi connectivity index (χ1) is 11.2. The summed E-state index contributed by atoms with van der Waals surface area (Å²) in [5, 5.41) is 13.5. The Morgan fingerprint density at radius 3 is 2.44 bits per heavy atom. The van der Waals surface area contributed by atoms with Crippen LogP contribution in [0.4, 0.5) is 8.78 Å².